The van der Waals surface area contributed by atoms with Gasteiger partial charge in [0.05, 0.1) is 4.90 Å². The molecule has 2 aromatic rings. The van der Waals surface area contributed by atoms with Crippen LogP contribution in [0.15, 0.2) is 59.5 Å². The Labute approximate surface area is 161 Å². The number of carbonyl (C=O) groups excluding carboxylic acids is 1. The molecule has 0 bridgehead atoms. The number of nitrogens with one attached hydrogen (secondary N) is 1. The van der Waals surface area contributed by atoms with Crippen molar-refractivity contribution in [3.63, 3.8) is 0 Å². The lowest BCUT2D eigenvalue weighted by Gasteiger charge is -2.25. The van der Waals surface area contributed by atoms with Gasteiger partial charge in [-0.15, -0.1) is 0 Å². The summed E-state index contributed by atoms with van der Waals surface area (Å²) in [7, 11) is -3.58. The zero-order valence-electron chi connectivity index (χ0n) is 15.6. The van der Waals surface area contributed by atoms with Crippen LogP contribution in [0.2, 0.25) is 0 Å². The minimum atomic E-state index is -3.58. The van der Waals surface area contributed by atoms with Gasteiger partial charge in [-0.05, 0) is 49.4 Å². The predicted molar refractivity (Wildman–Crippen MR) is 106 cm³/mol. The first-order valence-corrected chi connectivity index (χ1v) is 10.8. The van der Waals surface area contributed by atoms with E-state index in [0.717, 1.165) is 31.4 Å². The van der Waals surface area contributed by atoms with Crippen LogP contribution >= 0.6 is 0 Å². The minimum Gasteiger partial charge on any atom is -0.339 e. The molecule has 6 heteroatoms. The summed E-state index contributed by atoms with van der Waals surface area (Å²) < 4.78 is 27.3. The van der Waals surface area contributed by atoms with E-state index in [1.807, 2.05) is 36.1 Å². The number of sulfonamides is 1. The van der Waals surface area contributed by atoms with E-state index < -0.39 is 10.0 Å². The SMILES string of the molecule is Cc1cccc(S(=O)(=O)NCCC(=O)N2CCC[C@@H]2Cc2ccccc2)c1. The highest BCUT2D eigenvalue weighted by Crippen LogP contribution is 2.22. The maximum absolute atomic E-state index is 12.6. The second-order valence-electron chi connectivity index (χ2n) is 7.04. The Morgan fingerprint density at radius 3 is 2.67 bits per heavy atom. The van der Waals surface area contributed by atoms with Crippen LogP contribution < -0.4 is 4.72 Å². The van der Waals surface area contributed by atoms with Crippen LogP contribution in [0, 0.1) is 6.92 Å². The Morgan fingerprint density at radius 1 is 1.15 bits per heavy atom. The molecule has 0 spiro atoms. The summed E-state index contributed by atoms with van der Waals surface area (Å²) in [5.74, 6) is 0.0142. The van der Waals surface area contributed by atoms with Gasteiger partial charge < -0.3 is 4.90 Å². The second kappa shape index (κ2) is 8.67. The minimum absolute atomic E-state index is 0.0142. The predicted octanol–water partition coefficient (Wildman–Crippen LogP) is 2.90. The third-order valence-corrected chi connectivity index (χ3v) is 6.40. The van der Waals surface area contributed by atoms with Gasteiger partial charge in [0.25, 0.3) is 0 Å². The van der Waals surface area contributed by atoms with E-state index in [0.29, 0.717) is 0 Å². The quantitative estimate of drug-likeness (QED) is 0.796. The summed E-state index contributed by atoms with van der Waals surface area (Å²) >= 11 is 0. The number of hydrogen-bond donors (Lipinski definition) is 1. The van der Waals surface area contributed by atoms with Gasteiger partial charge in [-0.3, -0.25) is 4.79 Å². The van der Waals surface area contributed by atoms with Gasteiger partial charge in [0.1, 0.15) is 0 Å². The van der Waals surface area contributed by atoms with Crippen LogP contribution in [0.3, 0.4) is 0 Å². The molecule has 1 amide bonds. The number of aryl methyl sites for hydroxylation is 1. The molecule has 0 radical (unpaired) electrons. The molecule has 1 N–H and O–H groups in total. The Morgan fingerprint density at radius 2 is 1.93 bits per heavy atom. The highest BCUT2D eigenvalue weighted by Gasteiger charge is 2.28. The topological polar surface area (TPSA) is 66.5 Å². The van der Waals surface area contributed by atoms with E-state index >= 15 is 0 Å². The number of carbonyl (C=O) groups is 1. The largest absolute Gasteiger partial charge is 0.339 e. The zero-order chi connectivity index (χ0) is 19.3. The number of hydrogen-bond acceptors (Lipinski definition) is 3. The summed E-state index contributed by atoms with van der Waals surface area (Å²) in [5, 5.41) is 0. The highest BCUT2D eigenvalue weighted by atomic mass is 32.2. The average molecular weight is 387 g/mol. The molecule has 2 aromatic carbocycles. The van der Waals surface area contributed by atoms with Crippen LogP contribution in [0.25, 0.3) is 0 Å². The molecule has 0 aromatic heterocycles. The Balaban J connectivity index is 1.54. The van der Waals surface area contributed by atoms with E-state index in [1.54, 1.807) is 18.2 Å². The fraction of sp³-hybridized carbons (Fsp3) is 0.381. The van der Waals surface area contributed by atoms with Crippen molar-refractivity contribution in [3.05, 3.63) is 65.7 Å². The first kappa shape index (κ1) is 19.6. The molecule has 144 valence electrons. The van der Waals surface area contributed by atoms with Gasteiger partial charge in [-0.25, -0.2) is 13.1 Å². The third kappa shape index (κ3) is 5.17. The molecular formula is C21H26N2O3S. The maximum Gasteiger partial charge on any atom is 0.240 e. The summed E-state index contributed by atoms with van der Waals surface area (Å²) in [6, 6.07) is 17.1. The van der Waals surface area contributed by atoms with Gasteiger partial charge in [0.2, 0.25) is 15.9 Å². The molecule has 5 nitrogen and oxygen atoms in total. The maximum atomic E-state index is 12.6. The van der Waals surface area contributed by atoms with E-state index in [2.05, 4.69) is 16.9 Å². The van der Waals surface area contributed by atoms with Crippen molar-refractivity contribution in [2.45, 2.75) is 43.5 Å². The second-order valence-corrected chi connectivity index (χ2v) is 8.80. The zero-order valence-corrected chi connectivity index (χ0v) is 16.4. The van der Waals surface area contributed by atoms with Crippen LogP contribution in [0.5, 0.6) is 0 Å². The van der Waals surface area contributed by atoms with Gasteiger partial charge in [0.15, 0.2) is 0 Å². The molecule has 1 saturated heterocycles. The first-order chi connectivity index (χ1) is 13.0. The number of nitrogens with zero attached hydrogens (tertiary/aromatic N) is 1. The highest BCUT2D eigenvalue weighted by molar-refractivity contribution is 7.89. The first-order valence-electron chi connectivity index (χ1n) is 9.35. The van der Waals surface area contributed by atoms with Crippen molar-refractivity contribution in [1.82, 2.24) is 9.62 Å². The average Bonchev–Trinajstić information content (AvgIpc) is 3.10. The van der Waals surface area contributed by atoms with E-state index in [4.69, 9.17) is 0 Å². The molecule has 0 aliphatic carbocycles. The summed E-state index contributed by atoms with van der Waals surface area (Å²) in [6.07, 6.45) is 3.02. The molecule has 27 heavy (non-hydrogen) atoms. The third-order valence-electron chi connectivity index (χ3n) is 4.94. The number of likely N-dealkylation sites (tertiary alicyclic amines) is 1. The molecule has 1 heterocycles. The Bertz CT molecular complexity index is 881. The molecule has 0 unspecified atom stereocenters. The molecule has 1 fully saturated rings. The van der Waals surface area contributed by atoms with E-state index in [9.17, 15) is 13.2 Å². The fourth-order valence-corrected chi connectivity index (χ4v) is 4.70. The lowest BCUT2D eigenvalue weighted by Crippen LogP contribution is -2.38. The Kier molecular flexibility index (Phi) is 6.29. The monoisotopic (exact) mass is 386 g/mol. The van der Waals surface area contributed by atoms with Crippen molar-refractivity contribution in [2.24, 2.45) is 0 Å². The molecule has 3 rings (SSSR count). The van der Waals surface area contributed by atoms with Crippen molar-refractivity contribution in [1.29, 1.82) is 0 Å². The van der Waals surface area contributed by atoms with Gasteiger partial charge >= 0.3 is 0 Å². The van der Waals surface area contributed by atoms with Gasteiger partial charge in [-0.1, -0.05) is 42.5 Å². The molecule has 0 saturated carbocycles. The van der Waals surface area contributed by atoms with Crippen molar-refractivity contribution in [2.75, 3.05) is 13.1 Å². The van der Waals surface area contributed by atoms with Crippen molar-refractivity contribution < 1.29 is 13.2 Å². The lowest BCUT2D eigenvalue weighted by atomic mass is 10.0. The van der Waals surface area contributed by atoms with Crippen LogP contribution in [-0.2, 0) is 21.2 Å². The van der Waals surface area contributed by atoms with Crippen LogP contribution in [-0.4, -0.2) is 38.4 Å². The standard InChI is InChI=1S/C21H26N2O3S/c1-17-7-5-11-20(15-17)27(25,26)22-13-12-21(24)23-14-6-10-19(23)16-18-8-3-2-4-9-18/h2-5,7-9,11,15,19,22H,6,10,12-14,16H2,1H3/t19-/m1/s1. The molecule has 1 aliphatic heterocycles. The van der Waals surface area contributed by atoms with Crippen LogP contribution in [0.4, 0.5) is 0 Å². The number of benzene rings is 2. The van der Waals surface area contributed by atoms with E-state index in [-0.39, 0.29) is 29.8 Å². The lowest BCUT2D eigenvalue weighted by molar-refractivity contribution is -0.131. The van der Waals surface area contributed by atoms with Crippen molar-refractivity contribution in [3.8, 4) is 0 Å². The molecular weight excluding hydrogens is 360 g/mol. The summed E-state index contributed by atoms with van der Waals surface area (Å²) in [5.41, 5.74) is 2.11. The number of rotatable bonds is 7. The van der Waals surface area contributed by atoms with Gasteiger partial charge in [0, 0.05) is 25.6 Å². The molecule has 1 atom stereocenters. The summed E-state index contributed by atoms with van der Waals surface area (Å²) in [4.78, 5) is 14.8. The van der Waals surface area contributed by atoms with Crippen LogP contribution in [0.1, 0.15) is 30.4 Å². The Hall–Kier alpha value is -2.18. The van der Waals surface area contributed by atoms with Crippen molar-refractivity contribution >= 4 is 15.9 Å². The smallest absolute Gasteiger partial charge is 0.240 e. The number of amides is 1. The van der Waals surface area contributed by atoms with E-state index in [1.165, 1.54) is 5.56 Å². The van der Waals surface area contributed by atoms with Gasteiger partial charge in [-0.2, -0.15) is 0 Å². The normalized spacial score (nSPS) is 17.2. The molecule has 1 aliphatic rings. The summed E-state index contributed by atoms with van der Waals surface area (Å²) in [6.45, 7) is 2.72. The fourth-order valence-electron chi connectivity index (χ4n) is 3.56.